The van der Waals surface area contributed by atoms with Gasteiger partial charge in [0.25, 0.3) is 15.9 Å². The van der Waals surface area contributed by atoms with Crippen LogP contribution in [0.1, 0.15) is 43.7 Å². The fourth-order valence-corrected chi connectivity index (χ4v) is 3.35. The molecule has 0 unspecified atom stereocenters. The topological polar surface area (TPSA) is 104 Å². The van der Waals surface area contributed by atoms with Crippen molar-refractivity contribution in [2.45, 2.75) is 38.1 Å². The molecule has 9 heteroatoms. The first-order valence-electron chi connectivity index (χ1n) is 8.94. The van der Waals surface area contributed by atoms with Crippen LogP contribution in [0.15, 0.2) is 35.4 Å². The van der Waals surface area contributed by atoms with Gasteiger partial charge in [-0.2, -0.15) is 8.42 Å². The molecule has 0 saturated carbocycles. The quantitative estimate of drug-likeness (QED) is 0.760. The monoisotopic (exact) mass is 405 g/mol. The highest BCUT2D eigenvalue weighted by Crippen LogP contribution is 2.25. The Kier molecular flexibility index (Phi) is 6.28. The largest absolute Gasteiger partial charge is 0.373 e. The number of carbonyl (C=O) groups excluding carboxylic acids is 1. The van der Waals surface area contributed by atoms with Crippen LogP contribution < -0.4 is 14.9 Å². The summed E-state index contributed by atoms with van der Waals surface area (Å²) in [5.41, 5.74) is 0.790. The fraction of sp³-hybridized carbons (Fsp3) is 0.421. The first-order chi connectivity index (χ1) is 13.0. The summed E-state index contributed by atoms with van der Waals surface area (Å²) in [4.78, 5) is 23.2. The first-order valence-corrected chi connectivity index (χ1v) is 10.4. The van der Waals surface area contributed by atoms with Crippen molar-refractivity contribution in [2.24, 2.45) is 0 Å². The second kappa shape index (κ2) is 8.14. The minimum Gasteiger partial charge on any atom is -0.373 e. The number of hydrogen-bond donors (Lipinski definition) is 2. The summed E-state index contributed by atoms with van der Waals surface area (Å²) in [6, 6.07) is 7.86. The van der Waals surface area contributed by atoms with Crippen molar-refractivity contribution in [1.29, 1.82) is 0 Å². The molecule has 0 aliphatic carbocycles. The van der Waals surface area contributed by atoms with Gasteiger partial charge in [-0.05, 0) is 31.2 Å². The lowest BCUT2D eigenvalue weighted by Gasteiger charge is -2.24. The van der Waals surface area contributed by atoms with Crippen molar-refractivity contribution in [3.63, 3.8) is 0 Å². The van der Waals surface area contributed by atoms with Crippen molar-refractivity contribution in [1.82, 2.24) is 14.7 Å². The van der Waals surface area contributed by atoms with Crippen LogP contribution in [-0.4, -0.2) is 44.9 Å². The predicted octanol–water partition coefficient (Wildman–Crippen LogP) is 2.39. The van der Waals surface area contributed by atoms with Crippen molar-refractivity contribution >= 4 is 27.6 Å². The van der Waals surface area contributed by atoms with Crippen LogP contribution in [0.2, 0.25) is 0 Å². The molecular weight excluding hydrogens is 378 g/mol. The molecule has 1 amide bonds. The van der Waals surface area contributed by atoms with E-state index in [1.807, 2.05) is 27.7 Å². The summed E-state index contributed by atoms with van der Waals surface area (Å²) in [6.07, 6.45) is 0. The third kappa shape index (κ3) is 4.78. The molecule has 0 aromatic carbocycles. The van der Waals surface area contributed by atoms with Gasteiger partial charge in [0, 0.05) is 31.7 Å². The number of sulfonamides is 1. The van der Waals surface area contributed by atoms with Crippen LogP contribution >= 0.6 is 0 Å². The highest BCUT2D eigenvalue weighted by atomic mass is 32.2. The van der Waals surface area contributed by atoms with Gasteiger partial charge in [-0.3, -0.25) is 4.79 Å². The first kappa shape index (κ1) is 21.6. The molecule has 0 radical (unpaired) electrons. The zero-order valence-corrected chi connectivity index (χ0v) is 17.9. The van der Waals surface area contributed by atoms with Crippen LogP contribution in [-0.2, 0) is 15.4 Å². The van der Waals surface area contributed by atoms with Crippen LogP contribution in [0.4, 0.5) is 11.6 Å². The number of hydrogen-bond acceptors (Lipinski definition) is 7. The van der Waals surface area contributed by atoms with Gasteiger partial charge >= 0.3 is 0 Å². The molecular formula is C19H27N5O3S. The number of rotatable bonds is 6. The Hall–Kier alpha value is -2.68. The normalized spacial score (nSPS) is 11.8. The van der Waals surface area contributed by atoms with Crippen molar-refractivity contribution < 1.29 is 13.2 Å². The third-order valence-electron chi connectivity index (χ3n) is 4.21. The van der Waals surface area contributed by atoms with Gasteiger partial charge in [-0.1, -0.05) is 26.8 Å². The summed E-state index contributed by atoms with van der Waals surface area (Å²) < 4.78 is 27.3. The van der Waals surface area contributed by atoms with E-state index in [0.717, 1.165) is 5.69 Å². The Morgan fingerprint density at radius 2 is 1.82 bits per heavy atom. The van der Waals surface area contributed by atoms with Crippen molar-refractivity contribution in [3.05, 3.63) is 41.6 Å². The summed E-state index contributed by atoms with van der Waals surface area (Å²) >= 11 is 0. The van der Waals surface area contributed by atoms with Gasteiger partial charge in [-0.15, -0.1) is 0 Å². The summed E-state index contributed by atoms with van der Waals surface area (Å²) in [5, 5.41) is 2.53. The number of carbonyl (C=O) groups is 1. The van der Waals surface area contributed by atoms with E-state index in [-0.39, 0.29) is 16.0 Å². The zero-order valence-electron chi connectivity index (χ0n) is 17.1. The summed E-state index contributed by atoms with van der Waals surface area (Å²) in [5.74, 6) is 0.0670. The average Bonchev–Trinajstić information content (AvgIpc) is 2.65. The van der Waals surface area contributed by atoms with Crippen LogP contribution in [0, 0.1) is 0 Å². The van der Waals surface area contributed by atoms with Gasteiger partial charge in [0.2, 0.25) is 0 Å². The highest BCUT2D eigenvalue weighted by molar-refractivity contribution is 7.90. The van der Waals surface area contributed by atoms with Gasteiger partial charge < -0.3 is 10.2 Å². The molecule has 28 heavy (non-hydrogen) atoms. The second-order valence-electron chi connectivity index (χ2n) is 7.38. The Bertz CT molecular complexity index is 968. The molecule has 0 aliphatic rings. The molecule has 0 aliphatic heterocycles. The van der Waals surface area contributed by atoms with Gasteiger partial charge in [-0.25, -0.2) is 14.7 Å². The van der Waals surface area contributed by atoms with Crippen LogP contribution in [0.5, 0.6) is 0 Å². The molecule has 0 saturated heterocycles. The predicted molar refractivity (Wildman–Crippen MR) is 110 cm³/mol. The molecule has 2 rings (SSSR count). The molecule has 2 aromatic rings. The molecule has 152 valence electrons. The van der Waals surface area contributed by atoms with E-state index in [1.165, 1.54) is 6.07 Å². The molecule has 2 heterocycles. The standard InChI is InChI=1S/C19H27N5O3S/c1-7-24(6)17-13(11-12-14(21-17)19(2,3)4)18(25)23-28(26,27)16-10-8-9-15(20-5)22-16/h8-12H,7H2,1-6H3,(H,20,22)(H,23,25). The van der Waals surface area contributed by atoms with E-state index in [0.29, 0.717) is 18.2 Å². The van der Waals surface area contributed by atoms with E-state index in [9.17, 15) is 13.2 Å². The van der Waals surface area contributed by atoms with Crippen LogP contribution in [0.3, 0.4) is 0 Å². The lowest BCUT2D eigenvalue weighted by Crippen LogP contribution is -2.33. The van der Waals surface area contributed by atoms with Crippen molar-refractivity contribution in [2.75, 3.05) is 30.9 Å². The fourth-order valence-electron chi connectivity index (χ4n) is 2.42. The maximum atomic E-state index is 12.8. The number of anilines is 2. The Morgan fingerprint density at radius 3 is 2.39 bits per heavy atom. The Balaban J connectivity index is 2.42. The number of nitrogens with one attached hydrogen (secondary N) is 2. The van der Waals surface area contributed by atoms with Crippen LogP contribution in [0.25, 0.3) is 0 Å². The number of amides is 1. The average molecular weight is 406 g/mol. The van der Waals surface area contributed by atoms with E-state index in [4.69, 9.17) is 0 Å². The molecule has 0 atom stereocenters. The molecule has 2 N–H and O–H groups in total. The second-order valence-corrected chi connectivity index (χ2v) is 9.01. The Labute approximate surface area is 166 Å². The number of pyridine rings is 2. The minimum absolute atomic E-state index is 0.186. The molecule has 0 fully saturated rings. The number of nitrogens with zero attached hydrogens (tertiary/aromatic N) is 3. The molecule has 0 bridgehead atoms. The van der Waals surface area contributed by atoms with Gasteiger partial charge in [0.1, 0.15) is 11.6 Å². The van der Waals surface area contributed by atoms with Crippen molar-refractivity contribution in [3.8, 4) is 0 Å². The highest BCUT2D eigenvalue weighted by Gasteiger charge is 2.25. The van der Waals surface area contributed by atoms with Gasteiger partial charge in [0.15, 0.2) is 5.03 Å². The van der Waals surface area contributed by atoms with E-state index in [1.54, 1.807) is 43.3 Å². The van der Waals surface area contributed by atoms with E-state index in [2.05, 4.69) is 20.0 Å². The Morgan fingerprint density at radius 1 is 1.14 bits per heavy atom. The third-order valence-corrected chi connectivity index (χ3v) is 5.44. The van der Waals surface area contributed by atoms with E-state index >= 15 is 0 Å². The maximum Gasteiger partial charge on any atom is 0.281 e. The molecule has 0 spiro atoms. The maximum absolute atomic E-state index is 12.8. The molecule has 8 nitrogen and oxygen atoms in total. The summed E-state index contributed by atoms with van der Waals surface area (Å²) in [6.45, 7) is 8.61. The van der Waals surface area contributed by atoms with Gasteiger partial charge in [0.05, 0.1) is 5.56 Å². The molecule has 2 aromatic heterocycles. The SMILES string of the molecule is CCN(C)c1nc(C(C)(C)C)ccc1C(=O)NS(=O)(=O)c1cccc(NC)n1. The zero-order chi connectivity index (χ0) is 21.1. The number of aromatic nitrogens is 2. The minimum atomic E-state index is -4.12. The lowest BCUT2D eigenvalue weighted by atomic mass is 9.91. The lowest BCUT2D eigenvalue weighted by molar-refractivity contribution is 0.0981. The summed E-state index contributed by atoms with van der Waals surface area (Å²) in [7, 11) is -0.690. The van der Waals surface area contributed by atoms with E-state index < -0.39 is 15.9 Å². The smallest absolute Gasteiger partial charge is 0.281 e.